The van der Waals surface area contributed by atoms with Gasteiger partial charge in [-0.25, -0.2) is 0 Å². The van der Waals surface area contributed by atoms with Crippen LogP contribution in [0.25, 0.3) is 74.2 Å². The van der Waals surface area contributed by atoms with Crippen LogP contribution in [-0.4, -0.2) is 0 Å². The maximum absolute atomic E-state index is 4.89. The van der Waals surface area contributed by atoms with E-state index in [-0.39, 0.29) is 0 Å². The molecule has 10 rings (SSSR count). The van der Waals surface area contributed by atoms with Crippen LogP contribution < -0.4 is 0 Å². The number of hydrogen-bond donors (Lipinski definition) is 0. The summed E-state index contributed by atoms with van der Waals surface area (Å²) in [4.78, 5) is 0. The van der Waals surface area contributed by atoms with Crippen molar-refractivity contribution < 1.29 is 17.0 Å². The summed E-state index contributed by atoms with van der Waals surface area (Å²) in [5.41, 5.74) is 0. The average Bonchev–Trinajstić information content (AvgIpc) is 3.89. The zero-order valence-corrected chi connectivity index (χ0v) is 30.2. The van der Waals surface area contributed by atoms with E-state index < -0.39 is 32.1 Å². The second-order valence-electron chi connectivity index (χ2n) is 11.5. The van der Waals surface area contributed by atoms with Gasteiger partial charge in [0, 0.05) is 20.5 Å². The number of rotatable bonds is 2. The predicted molar refractivity (Wildman–Crippen MR) is 209 cm³/mol. The molecule has 0 saturated heterocycles. The van der Waals surface area contributed by atoms with E-state index in [1.54, 1.807) is 0 Å². The van der Waals surface area contributed by atoms with Crippen molar-refractivity contribution >= 4 is 97.2 Å². The van der Waals surface area contributed by atoms with Gasteiger partial charge in [0.15, 0.2) is 0 Å². The Balaban J connectivity index is 0.000000128. The van der Waals surface area contributed by atoms with E-state index in [4.69, 9.17) is 18.6 Å². The van der Waals surface area contributed by atoms with Crippen LogP contribution in [0.5, 0.6) is 0 Å². The molecule has 0 saturated carbocycles. The third kappa shape index (κ3) is 5.69. The molecule has 8 aromatic carbocycles. The van der Waals surface area contributed by atoms with Gasteiger partial charge in [0.25, 0.3) is 0 Å². The topological polar surface area (TPSA) is 0 Å². The first-order valence-electron chi connectivity index (χ1n) is 15.5. The van der Waals surface area contributed by atoms with Crippen molar-refractivity contribution in [1.29, 1.82) is 0 Å². The Bertz CT molecular complexity index is 2300. The van der Waals surface area contributed by atoms with Gasteiger partial charge in [0.2, 0.25) is 0 Å². The first-order valence-corrected chi connectivity index (χ1v) is 22.5. The SMILES string of the molecule is [Cl][Ti][Cl].c1ccc2[cH-]c(-p3c4ccccc4c4ccccc43)cc2c1.c1ccc2[cH-]c(-p3c4ccccc4c4ccccc43)cc2c1. The third-order valence-electron chi connectivity index (χ3n) is 8.88. The van der Waals surface area contributed by atoms with Crippen LogP contribution in [0.3, 0.4) is 0 Å². The minimum atomic E-state index is -0.556. The Kier molecular flexibility index (Phi) is 8.84. The van der Waals surface area contributed by atoms with Crippen molar-refractivity contribution in [2.24, 2.45) is 0 Å². The van der Waals surface area contributed by atoms with Crippen molar-refractivity contribution in [3.8, 4) is 10.6 Å². The van der Waals surface area contributed by atoms with E-state index in [0.29, 0.717) is 0 Å². The van der Waals surface area contributed by atoms with Crippen LogP contribution >= 0.6 is 33.7 Å². The molecule has 0 atom stereocenters. The molecule has 0 unspecified atom stereocenters. The van der Waals surface area contributed by atoms with Crippen LogP contribution in [0.1, 0.15) is 0 Å². The molecule has 0 aliphatic carbocycles. The molecule has 0 nitrogen and oxygen atoms in total. The Hall–Kier alpha value is -3.57. The summed E-state index contributed by atoms with van der Waals surface area (Å²) in [7, 11) is 8.94. The normalized spacial score (nSPS) is 11.2. The smallest absolute Gasteiger partial charge is 0.00532 e. The largest absolute Gasteiger partial charge is 0.157 e. The van der Waals surface area contributed by atoms with Gasteiger partial charge >= 0.3 is 35.6 Å². The molecule has 0 radical (unpaired) electrons. The average molecular weight is 713 g/mol. The zero-order chi connectivity index (χ0) is 31.7. The van der Waals surface area contributed by atoms with Crippen molar-refractivity contribution in [2.45, 2.75) is 0 Å². The molecule has 10 aromatic rings. The van der Waals surface area contributed by atoms with Gasteiger partial charge in [-0.2, -0.15) is 12.1 Å². The van der Waals surface area contributed by atoms with Crippen molar-refractivity contribution in [3.63, 3.8) is 0 Å². The second-order valence-corrected chi connectivity index (χ2v) is 18.4. The first-order chi connectivity index (χ1) is 23.2. The van der Waals surface area contributed by atoms with Crippen molar-refractivity contribution in [3.05, 3.63) is 170 Å². The Morgan fingerprint density at radius 2 is 0.660 bits per heavy atom. The summed E-state index contributed by atoms with van der Waals surface area (Å²) < 4.78 is 0. The fourth-order valence-corrected chi connectivity index (χ4v) is 12.3. The summed E-state index contributed by atoms with van der Waals surface area (Å²) >= 11 is -0.556. The van der Waals surface area contributed by atoms with E-state index in [9.17, 15) is 0 Å². The van der Waals surface area contributed by atoms with Gasteiger partial charge in [-0.1, -0.05) is 135 Å². The fourth-order valence-electron chi connectivity index (χ4n) is 6.93. The van der Waals surface area contributed by atoms with E-state index in [0.717, 1.165) is 0 Å². The molecule has 0 bridgehead atoms. The molecule has 2 heterocycles. The summed E-state index contributed by atoms with van der Waals surface area (Å²) in [6, 6.07) is 62.4. The fraction of sp³-hybridized carbons (Fsp3) is 0. The van der Waals surface area contributed by atoms with Gasteiger partial charge in [-0.15, -0.1) is 70.1 Å². The molecular weight excluding hydrogens is 685 g/mol. The molecule has 0 amide bonds. The van der Waals surface area contributed by atoms with Crippen LogP contribution in [0, 0.1) is 0 Å². The van der Waals surface area contributed by atoms with Gasteiger partial charge in [0.05, 0.1) is 0 Å². The zero-order valence-electron chi connectivity index (χ0n) is 25.3. The van der Waals surface area contributed by atoms with Crippen LogP contribution in [0.2, 0.25) is 0 Å². The maximum Gasteiger partial charge on any atom is 0.00532 e. The van der Waals surface area contributed by atoms with E-state index >= 15 is 0 Å². The predicted octanol–water partition coefficient (Wildman–Crippen LogP) is 15.1. The molecule has 47 heavy (non-hydrogen) atoms. The van der Waals surface area contributed by atoms with Gasteiger partial charge in [-0.3, -0.25) is 0 Å². The number of benzene rings is 6. The van der Waals surface area contributed by atoms with Gasteiger partial charge < -0.3 is 0 Å². The molecule has 0 aliphatic heterocycles. The number of fused-ring (bicyclic) bond motifs is 8. The number of hydrogen-bond acceptors (Lipinski definition) is 0. The van der Waals surface area contributed by atoms with Crippen LogP contribution in [0.15, 0.2) is 170 Å². The monoisotopic (exact) mass is 712 g/mol. The van der Waals surface area contributed by atoms with Crippen LogP contribution in [0.4, 0.5) is 0 Å². The van der Waals surface area contributed by atoms with Gasteiger partial charge in [0.1, 0.15) is 0 Å². The molecule has 226 valence electrons. The summed E-state index contributed by atoms with van der Waals surface area (Å²) in [6.45, 7) is 0. The molecule has 0 fully saturated rings. The molecule has 2 aromatic heterocycles. The molecule has 5 heteroatoms. The molecule has 0 aliphatic rings. The Labute approximate surface area is 292 Å². The Morgan fingerprint density at radius 1 is 0.383 bits per heavy atom. The van der Waals surface area contributed by atoms with Crippen molar-refractivity contribution in [1.82, 2.24) is 0 Å². The summed E-state index contributed by atoms with van der Waals surface area (Å²) in [5.74, 6) is 0. The quantitative estimate of drug-likeness (QED) is 0.124. The Morgan fingerprint density at radius 3 is 0.979 bits per heavy atom. The summed E-state index contributed by atoms with van der Waals surface area (Å²) in [6.07, 6.45) is 0. The third-order valence-corrected chi connectivity index (χ3v) is 13.9. The second kappa shape index (κ2) is 13.5. The standard InChI is InChI=1S/2C21H14P.2ClH.Ti/c2*1-2-8-16-14-17(13-15(16)7-1)22-20-11-5-3-9-18(20)19-10-4-6-12-21(19)22;;;/h2*1-14H;2*1H;/q2*-1;;;+2/p-2. The minimum absolute atomic E-state index is 0.419. The van der Waals surface area contributed by atoms with Crippen LogP contribution in [-0.2, 0) is 17.0 Å². The molecular formula is C42H28Cl2P2Ti-2. The molecule has 0 spiro atoms. The maximum atomic E-state index is 4.89. The van der Waals surface area contributed by atoms with E-state index in [1.165, 1.54) is 74.2 Å². The summed E-state index contributed by atoms with van der Waals surface area (Å²) in [5, 5.41) is 20.0. The van der Waals surface area contributed by atoms with Gasteiger partial charge in [-0.05, 0) is 21.5 Å². The first kappa shape index (κ1) is 30.7. The number of halogens is 2. The van der Waals surface area contributed by atoms with Crippen molar-refractivity contribution in [2.75, 3.05) is 0 Å². The van der Waals surface area contributed by atoms with E-state index in [1.807, 2.05) is 0 Å². The minimum Gasteiger partial charge on any atom is -0.157 e. The van der Waals surface area contributed by atoms with E-state index in [2.05, 4.69) is 170 Å². The molecule has 0 N–H and O–H groups in total.